The van der Waals surface area contributed by atoms with Crippen molar-refractivity contribution in [1.29, 1.82) is 0 Å². The number of piperazine rings is 1. The molecule has 4 nitrogen and oxygen atoms in total. The van der Waals surface area contributed by atoms with Crippen molar-refractivity contribution in [3.05, 3.63) is 0 Å². The maximum Gasteiger partial charge on any atom is 0.246 e. The second kappa shape index (κ2) is 2.72. The maximum atomic E-state index is 11.9. The number of rotatable bonds is 1. The average Bonchev–Trinajstić information content (AvgIpc) is 2.92. The Balaban J connectivity index is 2.22. The van der Waals surface area contributed by atoms with E-state index in [0.29, 0.717) is 5.92 Å². The number of nitrogens with one attached hydrogen (secondary N) is 1. The van der Waals surface area contributed by atoms with Crippen LogP contribution in [0.4, 0.5) is 0 Å². The fourth-order valence-corrected chi connectivity index (χ4v) is 1.77. The molecule has 2 rings (SSSR count). The first-order valence-electron chi connectivity index (χ1n) is 5.03. The van der Waals surface area contributed by atoms with Crippen molar-refractivity contribution in [1.82, 2.24) is 10.2 Å². The normalized spacial score (nSPS) is 31.6. The molecule has 78 valence electrons. The quantitative estimate of drug-likeness (QED) is 0.648. The molecule has 0 aromatic heterocycles. The van der Waals surface area contributed by atoms with Gasteiger partial charge in [-0.25, -0.2) is 0 Å². The van der Waals surface area contributed by atoms with E-state index >= 15 is 0 Å². The molecule has 1 saturated heterocycles. The smallest absolute Gasteiger partial charge is 0.246 e. The maximum absolute atomic E-state index is 11.9. The molecule has 4 heteroatoms. The van der Waals surface area contributed by atoms with Crippen LogP contribution in [0.5, 0.6) is 0 Å². The molecule has 0 aromatic carbocycles. The van der Waals surface area contributed by atoms with Crippen LogP contribution in [0.25, 0.3) is 0 Å². The Morgan fingerprint density at radius 2 is 1.93 bits per heavy atom. The van der Waals surface area contributed by atoms with Crippen molar-refractivity contribution < 1.29 is 9.59 Å². The van der Waals surface area contributed by atoms with E-state index < -0.39 is 5.54 Å². The summed E-state index contributed by atoms with van der Waals surface area (Å²) in [5, 5.41) is 2.82. The fraction of sp³-hybridized carbons (Fsp3) is 0.800. The van der Waals surface area contributed by atoms with Crippen molar-refractivity contribution in [2.45, 2.75) is 38.3 Å². The minimum absolute atomic E-state index is 0.0449. The zero-order valence-corrected chi connectivity index (χ0v) is 8.83. The highest BCUT2D eigenvalue weighted by atomic mass is 16.2. The zero-order chi connectivity index (χ0) is 10.5. The molecule has 1 N–H and O–H groups in total. The van der Waals surface area contributed by atoms with Crippen LogP contribution in [-0.4, -0.2) is 35.3 Å². The number of hydrogen-bond acceptors (Lipinski definition) is 2. The van der Waals surface area contributed by atoms with Gasteiger partial charge in [-0.2, -0.15) is 0 Å². The summed E-state index contributed by atoms with van der Waals surface area (Å²) in [6.45, 7) is 3.53. The van der Waals surface area contributed by atoms with Gasteiger partial charge >= 0.3 is 0 Å². The van der Waals surface area contributed by atoms with Crippen molar-refractivity contribution in [2.75, 3.05) is 7.05 Å². The molecule has 0 aromatic rings. The lowest BCUT2D eigenvalue weighted by Crippen LogP contribution is -2.67. The molecule has 1 aliphatic carbocycles. The van der Waals surface area contributed by atoms with Gasteiger partial charge in [-0.1, -0.05) is 0 Å². The van der Waals surface area contributed by atoms with E-state index in [2.05, 4.69) is 5.32 Å². The molecule has 1 aliphatic heterocycles. The summed E-state index contributed by atoms with van der Waals surface area (Å²) in [5.74, 6) is 0.388. The van der Waals surface area contributed by atoms with E-state index in [-0.39, 0.29) is 17.9 Å². The van der Waals surface area contributed by atoms with Gasteiger partial charge in [0.15, 0.2) is 0 Å². The first-order valence-corrected chi connectivity index (χ1v) is 5.03. The summed E-state index contributed by atoms with van der Waals surface area (Å²) < 4.78 is 0. The van der Waals surface area contributed by atoms with Crippen molar-refractivity contribution in [2.24, 2.45) is 5.92 Å². The Morgan fingerprint density at radius 3 is 2.43 bits per heavy atom. The number of likely N-dealkylation sites (N-methyl/N-ethyl adjacent to an activating group) is 1. The van der Waals surface area contributed by atoms with E-state index in [9.17, 15) is 9.59 Å². The van der Waals surface area contributed by atoms with Crippen LogP contribution in [-0.2, 0) is 9.59 Å². The lowest BCUT2D eigenvalue weighted by atomic mass is 9.95. The standard InChI is InChI=1S/C10H16N2O2/c1-10(2)9(14)11-7(6-4-5-6)8(13)12(10)3/h6-7H,4-5H2,1-3H3,(H,11,14). The molecule has 14 heavy (non-hydrogen) atoms. The van der Waals surface area contributed by atoms with Gasteiger partial charge in [0.05, 0.1) is 0 Å². The molecule has 1 heterocycles. The molecule has 2 aliphatic rings. The van der Waals surface area contributed by atoms with Gasteiger partial charge in [0, 0.05) is 7.05 Å². The van der Waals surface area contributed by atoms with Crippen LogP contribution < -0.4 is 5.32 Å². The monoisotopic (exact) mass is 196 g/mol. The molecule has 1 atom stereocenters. The lowest BCUT2D eigenvalue weighted by molar-refractivity contribution is -0.153. The number of hydrogen-bond donors (Lipinski definition) is 1. The van der Waals surface area contributed by atoms with Gasteiger partial charge < -0.3 is 10.2 Å². The SMILES string of the molecule is CN1C(=O)C(C2CC2)NC(=O)C1(C)C. The summed E-state index contributed by atoms with van der Waals surface area (Å²) in [6, 6.07) is -0.263. The van der Waals surface area contributed by atoms with E-state index in [4.69, 9.17) is 0 Å². The third kappa shape index (κ3) is 1.21. The molecular weight excluding hydrogens is 180 g/mol. The van der Waals surface area contributed by atoms with Crippen LogP contribution in [0, 0.1) is 5.92 Å². The summed E-state index contributed by atoms with van der Waals surface area (Å²) in [5.41, 5.74) is -0.706. The van der Waals surface area contributed by atoms with Gasteiger partial charge in [0.2, 0.25) is 11.8 Å². The van der Waals surface area contributed by atoms with Crippen molar-refractivity contribution in [3.63, 3.8) is 0 Å². The molecule has 1 saturated carbocycles. The molecular formula is C10H16N2O2. The summed E-state index contributed by atoms with van der Waals surface area (Å²) in [4.78, 5) is 25.2. The summed E-state index contributed by atoms with van der Waals surface area (Å²) in [7, 11) is 1.70. The van der Waals surface area contributed by atoms with Gasteiger partial charge in [0.1, 0.15) is 11.6 Å². The van der Waals surface area contributed by atoms with Crippen molar-refractivity contribution in [3.8, 4) is 0 Å². The second-order valence-electron chi connectivity index (χ2n) is 4.74. The minimum Gasteiger partial charge on any atom is -0.342 e. The topological polar surface area (TPSA) is 49.4 Å². The Morgan fingerprint density at radius 1 is 1.36 bits per heavy atom. The zero-order valence-electron chi connectivity index (χ0n) is 8.83. The molecule has 1 unspecified atom stereocenters. The fourth-order valence-electron chi connectivity index (χ4n) is 1.77. The number of carbonyl (C=O) groups is 2. The molecule has 2 fully saturated rings. The first-order chi connectivity index (χ1) is 6.44. The number of amides is 2. The van der Waals surface area contributed by atoms with Gasteiger partial charge in [-0.3, -0.25) is 9.59 Å². The van der Waals surface area contributed by atoms with Crippen LogP contribution >= 0.6 is 0 Å². The van der Waals surface area contributed by atoms with Crippen LogP contribution in [0.3, 0.4) is 0 Å². The van der Waals surface area contributed by atoms with Crippen LogP contribution in [0.2, 0.25) is 0 Å². The Labute approximate surface area is 83.6 Å². The van der Waals surface area contributed by atoms with Gasteiger partial charge in [0.25, 0.3) is 0 Å². The lowest BCUT2D eigenvalue weighted by Gasteiger charge is -2.42. The number of carbonyl (C=O) groups excluding carboxylic acids is 2. The molecule has 2 amide bonds. The largest absolute Gasteiger partial charge is 0.342 e. The van der Waals surface area contributed by atoms with Crippen molar-refractivity contribution >= 4 is 11.8 Å². The highest BCUT2D eigenvalue weighted by Gasteiger charge is 2.49. The molecule has 0 radical (unpaired) electrons. The first kappa shape index (κ1) is 9.49. The Bertz CT molecular complexity index is 290. The average molecular weight is 196 g/mol. The van der Waals surface area contributed by atoms with Crippen LogP contribution in [0.1, 0.15) is 26.7 Å². The third-order valence-corrected chi connectivity index (χ3v) is 3.37. The Kier molecular flexibility index (Phi) is 1.84. The minimum atomic E-state index is -0.706. The number of nitrogens with zero attached hydrogens (tertiary/aromatic N) is 1. The van der Waals surface area contributed by atoms with E-state index in [1.807, 2.05) is 0 Å². The predicted octanol–water partition coefficient (Wildman–Crippen LogP) is 0.132. The summed E-state index contributed by atoms with van der Waals surface area (Å²) >= 11 is 0. The molecule has 0 bridgehead atoms. The predicted molar refractivity (Wildman–Crippen MR) is 51.5 cm³/mol. The van der Waals surface area contributed by atoms with E-state index in [1.165, 1.54) is 0 Å². The summed E-state index contributed by atoms with van der Waals surface area (Å²) in [6.07, 6.45) is 2.12. The van der Waals surface area contributed by atoms with E-state index in [1.54, 1.807) is 25.8 Å². The highest BCUT2D eigenvalue weighted by molar-refractivity contribution is 5.99. The third-order valence-electron chi connectivity index (χ3n) is 3.37. The van der Waals surface area contributed by atoms with Gasteiger partial charge in [-0.05, 0) is 32.6 Å². The molecule has 0 spiro atoms. The Hall–Kier alpha value is -1.06. The van der Waals surface area contributed by atoms with E-state index in [0.717, 1.165) is 12.8 Å². The van der Waals surface area contributed by atoms with Gasteiger partial charge in [-0.15, -0.1) is 0 Å². The van der Waals surface area contributed by atoms with Crippen LogP contribution in [0.15, 0.2) is 0 Å². The second-order valence-corrected chi connectivity index (χ2v) is 4.74. The highest BCUT2D eigenvalue weighted by Crippen LogP contribution is 2.36.